The quantitative estimate of drug-likeness (QED) is 0.242. The predicted molar refractivity (Wildman–Crippen MR) is 167 cm³/mol. The monoisotopic (exact) mass is 601 g/mol. The fourth-order valence-electron chi connectivity index (χ4n) is 9.24. The number of fused-ring (bicyclic) bond motifs is 6. The molecule has 3 fully saturated rings. The normalized spacial score (nSPS) is 33.5. The van der Waals surface area contributed by atoms with Crippen LogP contribution in [0.1, 0.15) is 81.3 Å². The Kier molecular flexibility index (Phi) is 7.77. The van der Waals surface area contributed by atoms with E-state index in [-0.39, 0.29) is 35.6 Å². The van der Waals surface area contributed by atoms with Crippen molar-refractivity contribution in [3.63, 3.8) is 0 Å². The van der Waals surface area contributed by atoms with E-state index in [1.165, 1.54) is 5.57 Å². The summed E-state index contributed by atoms with van der Waals surface area (Å²) in [4.78, 5) is 32.7. The third-order valence-electron chi connectivity index (χ3n) is 11.8. The first-order chi connectivity index (χ1) is 21.0. The number of ether oxygens (including phenoxy) is 1. The van der Waals surface area contributed by atoms with E-state index in [9.17, 15) is 19.8 Å². The second-order valence-corrected chi connectivity index (χ2v) is 13.7. The Hall–Kier alpha value is -3.77. The molecule has 0 bridgehead atoms. The smallest absolute Gasteiger partial charge is 0.352 e. The highest BCUT2D eigenvalue weighted by atomic mass is 16.6. The summed E-state index contributed by atoms with van der Waals surface area (Å²) < 4.78 is 5.29. The number of carbonyl (C=O) groups excluding carboxylic acids is 1. The first-order valence-corrected chi connectivity index (χ1v) is 15.8. The number of terminal acetylenes is 1. The van der Waals surface area contributed by atoms with E-state index >= 15 is 0 Å². The van der Waals surface area contributed by atoms with Gasteiger partial charge < -0.3 is 30.1 Å². The van der Waals surface area contributed by atoms with E-state index < -0.39 is 11.6 Å². The van der Waals surface area contributed by atoms with Crippen LogP contribution in [0.15, 0.2) is 35.0 Å². The second kappa shape index (κ2) is 11.3. The molecule has 4 N–H and O–H groups in total. The number of amides is 1. The molecule has 1 aromatic heterocycles. The average molecular weight is 602 g/mol. The van der Waals surface area contributed by atoms with E-state index in [1.54, 1.807) is 25.3 Å². The Morgan fingerprint density at radius 2 is 1.95 bits per heavy atom. The van der Waals surface area contributed by atoms with Crippen LogP contribution in [-0.2, 0) is 16.1 Å². The van der Waals surface area contributed by atoms with Gasteiger partial charge in [0.2, 0.25) is 0 Å². The summed E-state index contributed by atoms with van der Waals surface area (Å²) in [6.45, 7) is 4.68. The molecule has 0 radical (unpaired) electrons. The first-order valence-electron chi connectivity index (χ1n) is 15.8. The Labute approximate surface area is 258 Å². The van der Waals surface area contributed by atoms with Crippen LogP contribution in [0, 0.1) is 40.9 Å². The van der Waals surface area contributed by atoms with E-state index in [0.29, 0.717) is 47.4 Å². The van der Waals surface area contributed by atoms with Gasteiger partial charge in [0, 0.05) is 22.9 Å². The number of carbonyl (C=O) groups is 2. The van der Waals surface area contributed by atoms with Crippen LogP contribution in [0.25, 0.3) is 10.9 Å². The van der Waals surface area contributed by atoms with Crippen molar-refractivity contribution in [2.45, 2.75) is 77.2 Å². The van der Waals surface area contributed by atoms with Crippen LogP contribution in [0.4, 0.5) is 0 Å². The molecule has 6 unspecified atom stereocenters. The predicted octanol–water partition coefficient (Wildman–Crippen LogP) is 5.23. The van der Waals surface area contributed by atoms with E-state index in [0.717, 1.165) is 56.0 Å². The zero-order valence-corrected chi connectivity index (χ0v) is 25.9. The van der Waals surface area contributed by atoms with Crippen LogP contribution < -0.4 is 10.1 Å². The van der Waals surface area contributed by atoms with Crippen molar-refractivity contribution in [1.29, 1.82) is 0 Å². The van der Waals surface area contributed by atoms with Crippen molar-refractivity contribution in [2.24, 2.45) is 33.7 Å². The Bertz CT molecular complexity index is 1580. The van der Waals surface area contributed by atoms with Gasteiger partial charge in [0.15, 0.2) is 6.61 Å². The maximum absolute atomic E-state index is 12.5. The molecule has 1 aromatic carbocycles. The van der Waals surface area contributed by atoms with Gasteiger partial charge in [0.25, 0.3) is 5.91 Å². The van der Waals surface area contributed by atoms with Crippen LogP contribution >= 0.6 is 0 Å². The number of H-pyrrole nitrogens is 1. The molecule has 6 atom stereocenters. The molecule has 9 heteroatoms. The fourth-order valence-corrected chi connectivity index (χ4v) is 9.24. The number of aromatic amines is 1. The number of hydrogen-bond acceptors (Lipinski definition) is 6. The molecule has 0 spiro atoms. The average Bonchev–Trinajstić information content (AvgIpc) is 3.51. The molecule has 0 aliphatic heterocycles. The number of allylic oxidation sites excluding steroid dienone is 2. The number of aromatic carboxylic acids is 1. The Balaban J connectivity index is 1.04. The van der Waals surface area contributed by atoms with Gasteiger partial charge in [0.05, 0.1) is 12.8 Å². The van der Waals surface area contributed by atoms with Crippen LogP contribution in [-0.4, -0.2) is 58.6 Å². The third kappa shape index (κ3) is 4.88. The van der Waals surface area contributed by atoms with Gasteiger partial charge in [-0.3, -0.25) is 4.79 Å². The minimum atomic E-state index is -1.05. The van der Waals surface area contributed by atoms with Gasteiger partial charge in [-0.15, -0.1) is 6.42 Å². The van der Waals surface area contributed by atoms with Crippen molar-refractivity contribution in [3.05, 3.63) is 41.1 Å². The molecule has 4 aliphatic rings. The number of aliphatic hydroxyl groups is 1. The molecular formula is C35H43N3O6. The van der Waals surface area contributed by atoms with E-state index in [2.05, 4.69) is 41.3 Å². The topological polar surface area (TPSA) is 133 Å². The third-order valence-corrected chi connectivity index (χ3v) is 11.8. The lowest BCUT2D eigenvalue weighted by molar-refractivity contribution is -0.125. The molecule has 0 saturated heterocycles. The van der Waals surface area contributed by atoms with E-state index in [4.69, 9.17) is 16.0 Å². The summed E-state index contributed by atoms with van der Waals surface area (Å²) in [5.74, 6) is 3.65. The maximum Gasteiger partial charge on any atom is 0.352 e. The maximum atomic E-state index is 12.5. The number of carboxylic acid groups (broad SMARTS) is 1. The highest BCUT2D eigenvalue weighted by molar-refractivity contribution is 5.98. The van der Waals surface area contributed by atoms with Gasteiger partial charge in [-0.2, -0.15) is 0 Å². The molecule has 3 saturated carbocycles. The summed E-state index contributed by atoms with van der Waals surface area (Å²) in [7, 11) is 1.56. The Morgan fingerprint density at radius 3 is 2.70 bits per heavy atom. The number of rotatable bonds is 8. The molecule has 1 heterocycles. The first kappa shape index (κ1) is 30.3. The van der Waals surface area contributed by atoms with Gasteiger partial charge in [0.1, 0.15) is 17.0 Å². The highest BCUT2D eigenvalue weighted by Gasteiger charge is 2.63. The summed E-state index contributed by atoms with van der Waals surface area (Å²) in [6, 6.07) is 5.35. The lowest BCUT2D eigenvalue weighted by Gasteiger charge is -2.58. The summed E-state index contributed by atoms with van der Waals surface area (Å²) in [5, 5.41) is 28.8. The summed E-state index contributed by atoms with van der Waals surface area (Å²) in [6.07, 6.45) is 16.0. The minimum Gasteiger partial charge on any atom is -0.497 e. The molecule has 234 valence electrons. The number of aromatic nitrogens is 1. The van der Waals surface area contributed by atoms with Gasteiger partial charge in [-0.25, -0.2) is 4.79 Å². The highest BCUT2D eigenvalue weighted by Crippen LogP contribution is 2.67. The largest absolute Gasteiger partial charge is 0.497 e. The van der Waals surface area contributed by atoms with Crippen LogP contribution in [0.2, 0.25) is 0 Å². The fraction of sp³-hybridized carbons (Fsp3) is 0.571. The summed E-state index contributed by atoms with van der Waals surface area (Å²) in [5.41, 5.74) is 2.64. The van der Waals surface area contributed by atoms with Crippen molar-refractivity contribution in [1.82, 2.24) is 10.3 Å². The molecule has 4 aliphatic carbocycles. The number of methoxy groups -OCH3 is 1. The van der Waals surface area contributed by atoms with Crippen molar-refractivity contribution in [2.75, 3.05) is 20.3 Å². The zero-order chi connectivity index (χ0) is 31.3. The molecule has 44 heavy (non-hydrogen) atoms. The summed E-state index contributed by atoms with van der Waals surface area (Å²) >= 11 is 0. The number of oxime groups is 1. The van der Waals surface area contributed by atoms with Gasteiger partial charge in [-0.05, 0) is 111 Å². The van der Waals surface area contributed by atoms with Crippen LogP contribution in [0.5, 0.6) is 5.75 Å². The SMILES string of the molecule is C#CC1(O)CCC2C3CCC4=CC(=NOCC(=O)NCCc5c(C(=O)O)[nH]c6ccc(OC)cc56)CCC4(C)C3CCC21C. The van der Waals surface area contributed by atoms with Crippen LogP contribution in [0.3, 0.4) is 0 Å². The minimum absolute atomic E-state index is 0.107. The molecular weight excluding hydrogens is 558 g/mol. The molecule has 1 amide bonds. The number of nitrogens with one attached hydrogen (secondary N) is 2. The Morgan fingerprint density at radius 1 is 1.16 bits per heavy atom. The number of carboxylic acids is 1. The van der Waals surface area contributed by atoms with Crippen molar-refractivity contribution >= 4 is 28.5 Å². The molecule has 9 nitrogen and oxygen atoms in total. The van der Waals surface area contributed by atoms with E-state index in [1.807, 2.05) is 0 Å². The zero-order valence-electron chi connectivity index (χ0n) is 25.9. The number of benzene rings is 1. The molecule has 2 aromatic rings. The lowest BCUT2D eigenvalue weighted by Crippen LogP contribution is -2.54. The second-order valence-electron chi connectivity index (χ2n) is 13.7. The van der Waals surface area contributed by atoms with Crippen molar-refractivity contribution < 1.29 is 29.4 Å². The van der Waals surface area contributed by atoms with Gasteiger partial charge >= 0.3 is 5.97 Å². The molecule has 6 rings (SSSR count). The number of hydrogen-bond donors (Lipinski definition) is 4. The van der Waals surface area contributed by atoms with Gasteiger partial charge in [-0.1, -0.05) is 30.5 Å². The van der Waals surface area contributed by atoms with Crippen molar-refractivity contribution in [3.8, 4) is 18.1 Å². The number of nitrogens with zero attached hydrogens (tertiary/aromatic N) is 1. The standard InChI is InChI=1S/C35H43N3O6/c1-5-35(42)16-12-28-25-8-6-21-18-22(10-14-33(21,2)27(25)11-15-34(28,35)3)38-44-20-30(39)36-17-13-24-26-19-23(43-4)7-9-29(26)37-31(24)32(40)41/h1,7,9,18-19,25,27-28,37,42H,6,8,10-17,20H2,2-4H3,(H,36,39)(H,40,41). The lowest BCUT2D eigenvalue weighted by atomic mass is 9.46.